The van der Waals surface area contributed by atoms with Crippen LogP contribution in [-0.2, 0) is 15.8 Å². The van der Waals surface area contributed by atoms with E-state index in [4.69, 9.17) is 5.26 Å². The van der Waals surface area contributed by atoms with Crippen molar-refractivity contribution in [1.82, 2.24) is 4.90 Å². The Kier molecular flexibility index (Phi) is 5.03. The summed E-state index contributed by atoms with van der Waals surface area (Å²) in [6, 6.07) is 4.71. The molecule has 2 saturated heterocycles. The van der Waals surface area contributed by atoms with Crippen LogP contribution in [0.3, 0.4) is 0 Å². The number of carbonyl (C=O) groups excluding carboxylic acids is 2. The third-order valence-corrected chi connectivity index (χ3v) is 7.71. The van der Waals surface area contributed by atoms with Crippen LogP contribution in [0.5, 0.6) is 0 Å². The van der Waals surface area contributed by atoms with Crippen LogP contribution >= 0.6 is 22.9 Å². The first-order valence-electron chi connectivity index (χ1n) is 8.72. The highest BCUT2D eigenvalue weighted by atomic mass is 127. The van der Waals surface area contributed by atoms with Gasteiger partial charge >= 0.3 is 6.18 Å². The third-order valence-electron chi connectivity index (χ3n) is 6.68. The van der Waals surface area contributed by atoms with Gasteiger partial charge in [-0.15, -0.1) is 0 Å². The first kappa shape index (κ1) is 21.0. The maximum Gasteiger partial charge on any atom is 0.417 e. The van der Waals surface area contributed by atoms with Gasteiger partial charge in [0.25, 0.3) is 0 Å². The van der Waals surface area contributed by atoms with Crippen molar-refractivity contribution in [2.24, 2.45) is 11.8 Å². The maximum atomic E-state index is 13.3. The molecule has 2 aliphatic heterocycles. The molecule has 9 heteroatoms. The second-order valence-corrected chi connectivity index (χ2v) is 8.84. The molecule has 1 aromatic carbocycles. The summed E-state index contributed by atoms with van der Waals surface area (Å²) in [6.45, 7) is 3.88. The minimum absolute atomic E-state index is 0.0285. The van der Waals surface area contributed by atoms with E-state index in [-0.39, 0.29) is 5.69 Å². The molecule has 150 valence electrons. The maximum absolute atomic E-state index is 13.3. The number of carbonyl (C=O) groups is 2. The monoisotopic (exact) mass is 505 g/mol. The number of benzene rings is 1. The molecule has 0 spiro atoms. The zero-order chi connectivity index (χ0) is 21.1. The van der Waals surface area contributed by atoms with Crippen molar-refractivity contribution in [3.05, 3.63) is 29.3 Å². The number of fused-ring (bicyclic) bond motifs is 2. The van der Waals surface area contributed by atoms with Crippen LogP contribution in [0.25, 0.3) is 0 Å². The second-order valence-electron chi connectivity index (χ2n) is 7.87. The van der Waals surface area contributed by atoms with Gasteiger partial charge in [0.15, 0.2) is 0 Å². The van der Waals surface area contributed by atoms with Crippen molar-refractivity contribution >= 4 is 40.7 Å². The van der Waals surface area contributed by atoms with Crippen LogP contribution in [0.1, 0.15) is 37.8 Å². The average molecular weight is 505 g/mol. The number of halogens is 4. The molecule has 0 radical (unpaired) electrons. The van der Waals surface area contributed by atoms with Gasteiger partial charge in [0.1, 0.15) is 6.29 Å². The van der Waals surface area contributed by atoms with Gasteiger partial charge in [0.05, 0.1) is 51.7 Å². The van der Waals surface area contributed by atoms with Crippen LogP contribution in [0.4, 0.5) is 18.9 Å². The molecular weight excluding hydrogens is 486 g/mol. The van der Waals surface area contributed by atoms with E-state index in [2.05, 4.69) is 4.90 Å². The predicted molar refractivity (Wildman–Crippen MR) is 105 cm³/mol. The SMILES string of the molecule is CN1C2(C)CCC1(C)[C@@H](C(=O)N(I)c1ccc(C#N)c(C(F)(F)F)c1)[C@H]2C=O. The van der Waals surface area contributed by atoms with E-state index < -0.39 is 46.1 Å². The standard InChI is InChI=1S/C19H19F3IN3O2/c1-17-6-7-18(2,25(17)3)15(14(17)10-27)16(28)26(23)12-5-4-11(9-24)13(8-12)19(20,21)22/h4-5,8,10,14-15H,6-7H2,1-3H3/t14-,15-,17?,18?/m1/s1. The number of alkyl halides is 3. The Balaban J connectivity index is 2.00. The predicted octanol–water partition coefficient (Wildman–Crippen LogP) is 3.95. The summed E-state index contributed by atoms with van der Waals surface area (Å²) in [7, 11) is 1.89. The number of amides is 1. The molecule has 2 unspecified atom stereocenters. The van der Waals surface area contributed by atoms with Crippen molar-refractivity contribution in [2.45, 2.75) is 43.9 Å². The molecule has 28 heavy (non-hydrogen) atoms. The van der Waals surface area contributed by atoms with E-state index in [0.717, 1.165) is 34.4 Å². The Bertz CT molecular complexity index is 884. The van der Waals surface area contributed by atoms with Crippen LogP contribution in [0.2, 0.25) is 0 Å². The second kappa shape index (κ2) is 6.69. The number of hydrogen-bond acceptors (Lipinski definition) is 4. The van der Waals surface area contributed by atoms with Gasteiger partial charge < -0.3 is 4.79 Å². The molecule has 1 aromatic rings. The van der Waals surface area contributed by atoms with Gasteiger partial charge in [-0.25, -0.2) is 0 Å². The van der Waals surface area contributed by atoms with Crippen LogP contribution in [0.15, 0.2) is 18.2 Å². The Morgan fingerprint density at radius 2 is 1.96 bits per heavy atom. The molecule has 1 amide bonds. The summed E-state index contributed by atoms with van der Waals surface area (Å²) in [5.41, 5.74) is -2.55. The van der Waals surface area contributed by atoms with E-state index in [1.165, 1.54) is 12.1 Å². The van der Waals surface area contributed by atoms with E-state index >= 15 is 0 Å². The quantitative estimate of drug-likeness (QED) is 0.355. The topological polar surface area (TPSA) is 64.4 Å². The van der Waals surface area contributed by atoms with E-state index in [1.54, 1.807) is 22.9 Å². The lowest BCUT2D eigenvalue weighted by molar-refractivity contribution is -0.137. The largest absolute Gasteiger partial charge is 0.417 e. The summed E-state index contributed by atoms with van der Waals surface area (Å²) in [4.78, 5) is 27.2. The van der Waals surface area contributed by atoms with Crippen molar-refractivity contribution in [1.29, 1.82) is 5.26 Å². The van der Waals surface area contributed by atoms with Gasteiger partial charge in [-0.2, -0.15) is 18.4 Å². The molecule has 4 atom stereocenters. The number of rotatable bonds is 3. The van der Waals surface area contributed by atoms with E-state index in [9.17, 15) is 22.8 Å². The fourth-order valence-electron chi connectivity index (χ4n) is 4.81. The number of anilines is 1. The highest BCUT2D eigenvalue weighted by Crippen LogP contribution is 2.58. The molecule has 0 aliphatic carbocycles. The zero-order valence-electron chi connectivity index (χ0n) is 15.5. The molecule has 5 nitrogen and oxygen atoms in total. The summed E-state index contributed by atoms with van der Waals surface area (Å²) in [5.74, 6) is -1.61. The molecule has 2 aliphatic rings. The van der Waals surface area contributed by atoms with Crippen molar-refractivity contribution in [3.8, 4) is 6.07 Å². The molecular formula is C19H19F3IN3O2. The van der Waals surface area contributed by atoms with Crippen LogP contribution in [-0.4, -0.2) is 35.2 Å². The first-order chi connectivity index (χ1) is 12.9. The van der Waals surface area contributed by atoms with Crippen molar-refractivity contribution in [2.75, 3.05) is 10.2 Å². The van der Waals surface area contributed by atoms with Crippen molar-refractivity contribution < 1.29 is 22.8 Å². The van der Waals surface area contributed by atoms with Crippen LogP contribution in [0, 0.1) is 23.2 Å². The molecule has 3 rings (SSSR count). The van der Waals surface area contributed by atoms with Gasteiger partial charge in [-0.05, 0) is 51.9 Å². The van der Waals surface area contributed by atoms with E-state index in [1.807, 2.05) is 20.9 Å². The average Bonchev–Trinajstić information content (AvgIpc) is 2.98. The third kappa shape index (κ3) is 2.84. The lowest BCUT2D eigenvalue weighted by Crippen LogP contribution is -2.48. The van der Waals surface area contributed by atoms with Crippen molar-refractivity contribution in [3.63, 3.8) is 0 Å². The Hall–Kier alpha value is -1.67. The lowest BCUT2D eigenvalue weighted by Gasteiger charge is -2.36. The zero-order valence-corrected chi connectivity index (χ0v) is 17.7. The molecule has 2 heterocycles. The van der Waals surface area contributed by atoms with Gasteiger partial charge in [0, 0.05) is 17.0 Å². The number of hydrogen-bond donors (Lipinski definition) is 0. The smallest absolute Gasteiger partial charge is 0.303 e. The fraction of sp³-hybridized carbons (Fsp3) is 0.526. The first-order valence-corrected chi connectivity index (χ1v) is 9.68. The van der Waals surface area contributed by atoms with Gasteiger partial charge in [0.2, 0.25) is 5.91 Å². The van der Waals surface area contributed by atoms with Gasteiger partial charge in [-0.3, -0.25) is 12.8 Å². The Morgan fingerprint density at radius 1 is 1.36 bits per heavy atom. The number of aldehydes is 1. The lowest BCUT2D eigenvalue weighted by atomic mass is 9.68. The van der Waals surface area contributed by atoms with Gasteiger partial charge in [-0.1, -0.05) is 0 Å². The molecule has 2 bridgehead atoms. The summed E-state index contributed by atoms with van der Waals surface area (Å²) in [5, 5.41) is 8.95. The number of nitrogens with zero attached hydrogens (tertiary/aromatic N) is 3. The highest BCUT2D eigenvalue weighted by Gasteiger charge is 2.67. The molecule has 0 saturated carbocycles. The molecule has 2 fully saturated rings. The minimum Gasteiger partial charge on any atom is -0.303 e. The summed E-state index contributed by atoms with van der Waals surface area (Å²) >= 11 is 1.68. The van der Waals surface area contributed by atoms with E-state index in [0.29, 0.717) is 0 Å². The Morgan fingerprint density at radius 3 is 2.50 bits per heavy atom. The highest BCUT2D eigenvalue weighted by molar-refractivity contribution is 14.1. The normalized spacial score (nSPS) is 32.2. The molecule has 0 aromatic heterocycles. The fourth-order valence-corrected chi connectivity index (χ4v) is 5.41. The summed E-state index contributed by atoms with van der Waals surface area (Å²) in [6.07, 6.45) is -2.40. The minimum atomic E-state index is -4.71. The number of nitriles is 1. The van der Waals surface area contributed by atoms with Crippen LogP contribution < -0.4 is 3.11 Å². The summed E-state index contributed by atoms with van der Waals surface area (Å²) < 4.78 is 41.0. The Labute approximate surface area is 175 Å². The molecule has 0 N–H and O–H groups in total.